The maximum absolute atomic E-state index is 9.88. The van der Waals surface area contributed by atoms with E-state index in [1.54, 1.807) is 0 Å². The Kier molecular flexibility index (Phi) is 6.86. The van der Waals surface area contributed by atoms with Crippen molar-refractivity contribution in [2.75, 3.05) is 20.1 Å². The lowest BCUT2D eigenvalue weighted by atomic mass is 10.2. The molecule has 4 heteroatoms. The monoisotopic (exact) mass is 314 g/mol. The molecule has 2 N–H and O–H groups in total. The summed E-state index contributed by atoms with van der Waals surface area (Å²) in [5.74, 6) is 0. The molecule has 0 heterocycles. The van der Waals surface area contributed by atoms with Crippen LogP contribution in [0.4, 0.5) is 0 Å². The van der Waals surface area contributed by atoms with Crippen molar-refractivity contribution in [3.63, 3.8) is 0 Å². The highest BCUT2D eigenvalue weighted by molar-refractivity contribution is 9.10. The van der Waals surface area contributed by atoms with Crippen molar-refractivity contribution in [3.05, 3.63) is 34.3 Å². The zero-order chi connectivity index (χ0) is 13.5. The van der Waals surface area contributed by atoms with E-state index in [-0.39, 0.29) is 6.10 Å². The van der Waals surface area contributed by atoms with Gasteiger partial charge in [0.05, 0.1) is 6.10 Å². The van der Waals surface area contributed by atoms with Gasteiger partial charge in [0.1, 0.15) is 0 Å². The molecule has 1 unspecified atom stereocenters. The van der Waals surface area contributed by atoms with Crippen molar-refractivity contribution in [1.82, 2.24) is 10.2 Å². The van der Waals surface area contributed by atoms with Gasteiger partial charge in [0.2, 0.25) is 0 Å². The third-order valence-corrected chi connectivity index (χ3v) is 3.18. The van der Waals surface area contributed by atoms with E-state index in [0.29, 0.717) is 19.1 Å². The molecule has 3 nitrogen and oxygen atoms in total. The smallest absolute Gasteiger partial charge is 0.0791 e. The molecular weight excluding hydrogens is 292 g/mol. The van der Waals surface area contributed by atoms with Gasteiger partial charge in [-0.15, -0.1) is 0 Å². The van der Waals surface area contributed by atoms with E-state index in [9.17, 15) is 5.11 Å². The van der Waals surface area contributed by atoms with E-state index in [2.05, 4.69) is 52.1 Å². The van der Waals surface area contributed by atoms with Gasteiger partial charge in [-0.05, 0) is 24.7 Å². The number of benzene rings is 1. The molecular formula is C14H23BrN2O. The van der Waals surface area contributed by atoms with Crippen LogP contribution in [0.1, 0.15) is 19.4 Å². The normalized spacial score (nSPS) is 13.3. The number of aliphatic hydroxyl groups is 1. The zero-order valence-electron chi connectivity index (χ0n) is 11.4. The Morgan fingerprint density at radius 3 is 2.44 bits per heavy atom. The van der Waals surface area contributed by atoms with Crippen LogP contribution in [0.5, 0.6) is 0 Å². The van der Waals surface area contributed by atoms with Gasteiger partial charge in [0.25, 0.3) is 0 Å². The number of hydrogen-bond donors (Lipinski definition) is 2. The SMILES string of the molecule is CC(C)NCC(O)CN(C)Cc1ccc(Br)cc1. The van der Waals surface area contributed by atoms with Gasteiger partial charge < -0.3 is 10.4 Å². The van der Waals surface area contributed by atoms with E-state index in [1.807, 2.05) is 19.2 Å². The van der Waals surface area contributed by atoms with E-state index >= 15 is 0 Å². The number of rotatable bonds is 7. The van der Waals surface area contributed by atoms with Gasteiger partial charge in [-0.3, -0.25) is 4.90 Å². The van der Waals surface area contributed by atoms with Crippen LogP contribution >= 0.6 is 15.9 Å². The highest BCUT2D eigenvalue weighted by atomic mass is 79.9. The molecule has 18 heavy (non-hydrogen) atoms. The van der Waals surface area contributed by atoms with Crippen LogP contribution in [0, 0.1) is 0 Å². The molecule has 102 valence electrons. The fourth-order valence-electron chi connectivity index (χ4n) is 1.76. The second-order valence-corrected chi connectivity index (χ2v) is 5.96. The molecule has 1 aromatic rings. The Morgan fingerprint density at radius 1 is 1.28 bits per heavy atom. The van der Waals surface area contributed by atoms with Crippen molar-refractivity contribution >= 4 is 15.9 Å². The van der Waals surface area contributed by atoms with Crippen LogP contribution in [0.15, 0.2) is 28.7 Å². The standard InChI is InChI=1S/C14H23BrN2O/c1-11(2)16-8-14(18)10-17(3)9-12-4-6-13(15)7-5-12/h4-7,11,14,16,18H,8-10H2,1-3H3. The van der Waals surface area contributed by atoms with Crippen LogP contribution in [0.25, 0.3) is 0 Å². The summed E-state index contributed by atoms with van der Waals surface area (Å²) in [6, 6.07) is 8.69. The van der Waals surface area contributed by atoms with Gasteiger partial charge in [0.15, 0.2) is 0 Å². The Balaban J connectivity index is 2.32. The van der Waals surface area contributed by atoms with Gasteiger partial charge in [-0.25, -0.2) is 0 Å². The zero-order valence-corrected chi connectivity index (χ0v) is 12.9. The van der Waals surface area contributed by atoms with Gasteiger partial charge in [-0.1, -0.05) is 41.9 Å². The molecule has 1 rings (SSSR count). The number of hydrogen-bond acceptors (Lipinski definition) is 3. The Morgan fingerprint density at radius 2 is 1.89 bits per heavy atom. The van der Waals surface area contributed by atoms with E-state index in [1.165, 1.54) is 5.56 Å². The molecule has 0 radical (unpaired) electrons. The average molecular weight is 315 g/mol. The molecule has 0 aromatic heterocycles. The summed E-state index contributed by atoms with van der Waals surface area (Å²) >= 11 is 3.42. The van der Waals surface area contributed by atoms with E-state index < -0.39 is 0 Å². The molecule has 1 aromatic carbocycles. The second-order valence-electron chi connectivity index (χ2n) is 5.04. The number of halogens is 1. The summed E-state index contributed by atoms with van der Waals surface area (Å²) in [6.07, 6.45) is -0.326. The summed E-state index contributed by atoms with van der Waals surface area (Å²) in [5.41, 5.74) is 1.25. The van der Waals surface area contributed by atoms with Crippen molar-refractivity contribution < 1.29 is 5.11 Å². The number of aliphatic hydroxyl groups excluding tert-OH is 1. The molecule has 0 aliphatic carbocycles. The lowest BCUT2D eigenvalue weighted by molar-refractivity contribution is 0.119. The summed E-state index contributed by atoms with van der Waals surface area (Å²) in [4.78, 5) is 2.13. The van der Waals surface area contributed by atoms with Crippen molar-refractivity contribution in [2.24, 2.45) is 0 Å². The molecule has 0 saturated heterocycles. The Labute approximate surface area is 118 Å². The highest BCUT2D eigenvalue weighted by Gasteiger charge is 2.09. The first-order valence-corrected chi connectivity index (χ1v) is 7.11. The minimum Gasteiger partial charge on any atom is -0.390 e. The number of likely N-dealkylation sites (N-methyl/N-ethyl adjacent to an activating group) is 1. The summed E-state index contributed by atoms with van der Waals surface area (Å²) < 4.78 is 1.09. The van der Waals surface area contributed by atoms with E-state index in [0.717, 1.165) is 11.0 Å². The van der Waals surface area contributed by atoms with Gasteiger partial charge >= 0.3 is 0 Å². The maximum Gasteiger partial charge on any atom is 0.0791 e. The lowest BCUT2D eigenvalue weighted by Crippen LogP contribution is -2.38. The van der Waals surface area contributed by atoms with Crippen molar-refractivity contribution in [3.8, 4) is 0 Å². The van der Waals surface area contributed by atoms with Gasteiger partial charge in [-0.2, -0.15) is 0 Å². The quantitative estimate of drug-likeness (QED) is 0.810. The largest absolute Gasteiger partial charge is 0.390 e. The number of nitrogens with zero attached hydrogens (tertiary/aromatic N) is 1. The molecule has 0 spiro atoms. The van der Waals surface area contributed by atoms with E-state index in [4.69, 9.17) is 0 Å². The predicted octanol–water partition coefficient (Wildman–Crippen LogP) is 2.24. The van der Waals surface area contributed by atoms with Crippen LogP contribution in [-0.2, 0) is 6.54 Å². The van der Waals surface area contributed by atoms with Crippen LogP contribution < -0.4 is 5.32 Å². The third-order valence-electron chi connectivity index (χ3n) is 2.65. The molecule has 0 amide bonds. The summed E-state index contributed by atoms with van der Waals surface area (Å²) in [7, 11) is 2.03. The van der Waals surface area contributed by atoms with Crippen molar-refractivity contribution in [1.29, 1.82) is 0 Å². The van der Waals surface area contributed by atoms with Crippen LogP contribution in [-0.4, -0.2) is 42.3 Å². The molecule has 0 bridgehead atoms. The molecule has 1 atom stereocenters. The first-order chi connectivity index (χ1) is 8.47. The number of nitrogens with one attached hydrogen (secondary N) is 1. The Hall–Kier alpha value is -0.420. The average Bonchev–Trinajstić information content (AvgIpc) is 2.29. The predicted molar refractivity (Wildman–Crippen MR) is 79.6 cm³/mol. The summed E-state index contributed by atoms with van der Waals surface area (Å²) in [5, 5.41) is 13.1. The van der Waals surface area contributed by atoms with Crippen LogP contribution in [0.2, 0.25) is 0 Å². The lowest BCUT2D eigenvalue weighted by Gasteiger charge is -2.21. The molecule has 0 aliphatic rings. The third kappa shape index (κ3) is 6.50. The van der Waals surface area contributed by atoms with Crippen LogP contribution in [0.3, 0.4) is 0 Å². The Bertz CT molecular complexity index is 340. The molecule has 0 aliphatic heterocycles. The first kappa shape index (κ1) is 15.6. The van der Waals surface area contributed by atoms with Gasteiger partial charge in [0, 0.05) is 30.1 Å². The van der Waals surface area contributed by atoms with Crippen molar-refractivity contribution in [2.45, 2.75) is 32.5 Å². The minimum absolute atomic E-state index is 0.326. The molecule has 0 saturated carbocycles. The summed E-state index contributed by atoms with van der Waals surface area (Å²) in [6.45, 7) is 6.33. The fraction of sp³-hybridized carbons (Fsp3) is 0.571. The highest BCUT2D eigenvalue weighted by Crippen LogP contribution is 2.11. The second kappa shape index (κ2) is 7.89. The minimum atomic E-state index is -0.326. The molecule has 0 fully saturated rings. The topological polar surface area (TPSA) is 35.5 Å². The first-order valence-electron chi connectivity index (χ1n) is 6.32. The fourth-order valence-corrected chi connectivity index (χ4v) is 2.03. The maximum atomic E-state index is 9.88.